The summed E-state index contributed by atoms with van der Waals surface area (Å²) in [7, 11) is 1.67. The molecule has 32 heavy (non-hydrogen) atoms. The fraction of sp³-hybridized carbons (Fsp3) is 0.120. The molecule has 0 spiro atoms. The molecule has 0 saturated heterocycles. The van der Waals surface area contributed by atoms with Crippen molar-refractivity contribution < 1.29 is 9.26 Å². The van der Waals surface area contributed by atoms with Crippen LogP contribution in [0.1, 0.15) is 11.5 Å². The Morgan fingerprint density at radius 2 is 1.84 bits per heavy atom. The molecule has 0 atom stereocenters. The van der Waals surface area contributed by atoms with Gasteiger partial charge in [-0.3, -0.25) is 4.98 Å². The number of fused-ring (bicyclic) bond motifs is 4. The number of aromatic nitrogens is 5. The van der Waals surface area contributed by atoms with E-state index in [9.17, 15) is 0 Å². The third kappa shape index (κ3) is 2.61. The number of pyridine rings is 1. The van der Waals surface area contributed by atoms with E-state index in [0.717, 1.165) is 72.3 Å². The summed E-state index contributed by atoms with van der Waals surface area (Å²) in [5.74, 6) is 1.48. The maximum atomic E-state index is 5.78. The van der Waals surface area contributed by atoms with Gasteiger partial charge in [-0.1, -0.05) is 29.4 Å². The average Bonchev–Trinajstić information content (AvgIpc) is 3.36. The zero-order chi connectivity index (χ0) is 21.8. The molecule has 4 aromatic heterocycles. The first-order valence-electron chi connectivity index (χ1n) is 10.3. The number of aryl methyl sites for hydroxylation is 2. The lowest BCUT2D eigenvalue weighted by Gasteiger charge is -2.10. The fourth-order valence-corrected chi connectivity index (χ4v) is 4.49. The van der Waals surface area contributed by atoms with Crippen molar-refractivity contribution in [3.63, 3.8) is 0 Å². The van der Waals surface area contributed by atoms with Crippen LogP contribution in [0.25, 0.3) is 55.1 Å². The summed E-state index contributed by atoms with van der Waals surface area (Å²) in [5.41, 5.74) is 6.17. The first-order chi connectivity index (χ1) is 15.7. The molecule has 0 fully saturated rings. The van der Waals surface area contributed by atoms with Gasteiger partial charge < -0.3 is 14.2 Å². The normalized spacial score (nSPS) is 11.6. The number of H-pyrrole nitrogens is 1. The third-order valence-electron chi connectivity index (χ3n) is 5.94. The van der Waals surface area contributed by atoms with E-state index in [4.69, 9.17) is 9.26 Å². The molecule has 7 heteroatoms. The van der Waals surface area contributed by atoms with E-state index in [0.29, 0.717) is 0 Å². The Hall–Kier alpha value is -4.26. The van der Waals surface area contributed by atoms with Gasteiger partial charge in [0, 0.05) is 39.8 Å². The van der Waals surface area contributed by atoms with Crippen molar-refractivity contribution in [1.29, 1.82) is 0 Å². The van der Waals surface area contributed by atoms with Crippen molar-refractivity contribution in [1.82, 2.24) is 25.1 Å². The monoisotopic (exact) mass is 421 g/mol. The standard InChI is InChI=1S/C25H19N5O2/c1-13-22(14(2)32-30-13)18-8-20-17(9-21(18)31-3)23-24(27-12-28-25(23)29-20)19-11-26-10-15-6-4-5-7-16(15)19/h4-12H,1-3H3,(H,27,28,29). The van der Waals surface area contributed by atoms with Gasteiger partial charge in [-0.05, 0) is 31.4 Å². The number of nitrogens with zero attached hydrogens (tertiary/aromatic N) is 4. The number of rotatable bonds is 3. The van der Waals surface area contributed by atoms with Crippen LogP contribution in [0.5, 0.6) is 5.75 Å². The molecule has 6 rings (SSSR count). The van der Waals surface area contributed by atoms with E-state index in [1.165, 1.54) is 0 Å². The van der Waals surface area contributed by atoms with Gasteiger partial charge in [0.25, 0.3) is 0 Å². The zero-order valence-corrected chi connectivity index (χ0v) is 17.8. The minimum Gasteiger partial charge on any atom is -0.496 e. The molecule has 2 aromatic carbocycles. The second-order valence-corrected chi connectivity index (χ2v) is 7.78. The van der Waals surface area contributed by atoms with Gasteiger partial charge in [-0.15, -0.1) is 0 Å². The Kier molecular flexibility index (Phi) is 3.98. The number of nitrogens with one attached hydrogen (secondary N) is 1. The van der Waals surface area contributed by atoms with E-state index < -0.39 is 0 Å². The van der Waals surface area contributed by atoms with Gasteiger partial charge in [0.05, 0.1) is 29.4 Å². The molecule has 6 aromatic rings. The van der Waals surface area contributed by atoms with Gasteiger partial charge in [0.2, 0.25) is 0 Å². The number of methoxy groups -OCH3 is 1. The van der Waals surface area contributed by atoms with E-state index in [2.05, 4.69) is 43.3 Å². The van der Waals surface area contributed by atoms with E-state index in [1.54, 1.807) is 13.4 Å². The van der Waals surface area contributed by atoms with Crippen LogP contribution in [0.4, 0.5) is 0 Å². The topological polar surface area (TPSA) is 89.7 Å². The molecule has 0 radical (unpaired) electrons. The van der Waals surface area contributed by atoms with E-state index in [1.807, 2.05) is 44.4 Å². The third-order valence-corrected chi connectivity index (χ3v) is 5.94. The summed E-state index contributed by atoms with van der Waals surface area (Å²) in [6, 6.07) is 12.3. The average molecular weight is 421 g/mol. The Labute approximate surface area is 183 Å². The largest absolute Gasteiger partial charge is 0.496 e. The summed E-state index contributed by atoms with van der Waals surface area (Å²) in [5, 5.41) is 8.18. The van der Waals surface area contributed by atoms with Crippen LogP contribution >= 0.6 is 0 Å². The molecule has 0 amide bonds. The minimum absolute atomic E-state index is 0.735. The summed E-state index contributed by atoms with van der Waals surface area (Å²) in [6.07, 6.45) is 5.31. The van der Waals surface area contributed by atoms with Crippen molar-refractivity contribution in [3.05, 3.63) is 66.6 Å². The maximum Gasteiger partial charge on any atom is 0.142 e. The van der Waals surface area contributed by atoms with Gasteiger partial charge in [0.15, 0.2) is 0 Å². The quantitative estimate of drug-likeness (QED) is 0.400. The van der Waals surface area contributed by atoms with Crippen molar-refractivity contribution in [2.75, 3.05) is 7.11 Å². The highest BCUT2D eigenvalue weighted by Crippen LogP contribution is 2.41. The zero-order valence-electron chi connectivity index (χ0n) is 17.8. The van der Waals surface area contributed by atoms with Crippen molar-refractivity contribution in [3.8, 4) is 28.1 Å². The van der Waals surface area contributed by atoms with Crippen LogP contribution in [0.3, 0.4) is 0 Å². The van der Waals surface area contributed by atoms with Gasteiger partial charge in [-0.2, -0.15) is 0 Å². The molecule has 156 valence electrons. The summed E-state index contributed by atoms with van der Waals surface area (Å²) < 4.78 is 11.2. The highest BCUT2D eigenvalue weighted by atomic mass is 16.5. The van der Waals surface area contributed by atoms with Crippen LogP contribution in [0.2, 0.25) is 0 Å². The van der Waals surface area contributed by atoms with Crippen LogP contribution < -0.4 is 4.74 Å². The summed E-state index contributed by atoms with van der Waals surface area (Å²) in [6.45, 7) is 3.83. The predicted octanol–water partition coefficient (Wildman–Crippen LogP) is 5.61. The molecule has 0 aliphatic rings. The van der Waals surface area contributed by atoms with Crippen LogP contribution in [0, 0.1) is 13.8 Å². The number of benzene rings is 2. The maximum absolute atomic E-state index is 5.78. The molecule has 0 aliphatic heterocycles. The summed E-state index contributed by atoms with van der Waals surface area (Å²) >= 11 is 0. The van der Waals surface area contributed by atoms with Crippen LogP contribution in [-0.2, 0) is 0 Å². The van der Waals surface area contributed by atoms with E-state index in [-0.39, 0.29) is 0 Å². The fourth-order valence-electron chi connectivity index (χ4n) is 4.49. The molecule has 4 heterocycles. The Morgan fingerprint density at radius 3 is 2.66 bits per heavy atom. The minimum atomic E-state index is 0.735. The summed E-state index contributed by atoms with van der Waals surface area (Å²) in [4.78, 5) is 17.1. The van der Waals surface area contributed by atoms with Crippen molar-refractivity contribution in [2.24, 2.45) is 0 Å². The molecular weight excluding hydrogens is 402 g/mol. The van der Waals surface area contributed by atoms with E-state index >= 15 is 0 Å². The lowest BCUT2D eigenvalue weighted by Crippen LogP contribution is -1.91. The molecular formula is C25H19N5O2. The second-order valence-electron chi connectivity index (χ2n) is 7.78. The number of aromatic amines is 1. The number of hydrogen-bond acceptors (Lipinski definition) is 6. The molecule has 0 saturated carbocycles. The lowest BCUT2D eigenvalue weighted by molar-refractivity contribution is 0.393. The molecule has 7 nitrogen and oxygen atoms in total. The van der Waals surface area contributed by atoms with Gasteiger partial charge in [0.1, 0.15) is 23.5 Å². The highest BCUT2D eigenvalue weighted by Gasteiger charge is 2.21. The van der Waals surface area contributed by atoms with Crippen molar-refractivity contribution in [2.45, 2.75) is 13.8 Å². The Morgan fingerprint density at radius 1 is 0.969 bits per heavy atom. The predicted molar refractivity (Wildman–Crippen MR) is 124 cm³/mol. The molecule has 0 bridgehead atoms. The van der Waals surface area contributed by atoms with Crippen molar-refractivity contribution >= 4 is 32.7 Å². The highest BCUT2D eigenvalue weighted by molar-refractivity contribution is 6.15. The smallest absolute Gasteiger partial charge is 0.142 e. The number of ether oxygens (including phenoxy) is 1. The molecule has 0 aliphatic carbocycles. The number of hydrogen-bond donors (Lipinski definition) is 1. The molecule has 0 unspecified atom stereocenters. The second kappa shape index (κ2) is 6.88. The first kappa shape index (κ1) is 18.5. The lowest BCUT2D eigenvalue weighted by atomic mass is 9.99. The Bertz CT molecular complexity index is 1620. The Balaban J connectivity index is 1.69. The van der Waals surface area contributed by atoms with Crippen LogP contribution in [-0.4, -0.2) is 32.2 Å². The van der Waals surface area contributed by atoms with Crippen LogP contribution in [0.15, 0.2) is 59.6 Å². The van der Waals surface area contributed by atoms with Gasteiger partial charge in [-0.25, -0.2) is 9.97 Å². The SMILES string of the molecule is COc1cc2c(cc1-c1c(C)noc1C)[nH]c1ncnc(-c3cncc4ccccc34)c12. The van der Waals surface area contributed by atoms with Gasteiger partial charge >= 0.3 is 0 Å². The first-order valence-corrected chi connectivity index (χ1v) is 10.3. The molecule has 1 N–H and O–H groups in total.